The number of thiocarbonyl (C=S) groups is 1. The fraction of sp³-hybridized carbons (Fsp3) is 0.200. The van der Waals surface area contributed by atoms with Crippen molar-refractivity contribution in [2.24, 2.45) is 0 Å². The number of anilines is 1. The molecule has 21 heavy (non-hydrogen) atoms. The van der Waals surface area contributed by atoms with E-state index in [4.69, 9.17) is 12.2 Å². The highest BCUT2D eigenvalue weighted by Gasteiger charge is 2.08. The van der Waals surface area contributed by atoms with Crippen LogP contribution in [-0.2, 0) is 6.42 Å². The molecule has 0 bridgehead atoms. The van der Waals surface area contributed by atoms with Gasteiger partial charge in [-0.25, -0.2) is 0 Å². The molecule has 0 aliphatic carbocycles. The average Bonchev–Trinajstić information content (AvgIpc) is 3.01. The zero-order valence-corrected chi connectivity index (χ0v) is 13.5. The van der Waals surface area contributed by atoms with E-state index in [1.165, 1.54) is 16.9 Å². The maximum Gasteiger partial charge on any atom is 0.270 e. The van der Waals surface area contributed by atoms with E-state index in [1.54, 1.807) is 11.4 Å². The molecule has 1 heterocycles. The SMILES string of the molecule is CCc1cccc(C)c1NC(=S)NNC(=O)c1ccsc1. The molecule has 0 spiro atoms. The number of hydrogen-bond acceptors (Lipinski definition) is 3. The van der Waals surface area contributed by atoms with Gasteiger partial charge < -0.3 is 5.32 Å². The predicted molar refractivity (Wildman–Crippen MR) is 91.7 cm³/mol. The molecule has 0 unspecified atom stereocenters. The lowest BCUT2D eigenvalue weighted by molar-refractivity contribution is 0.0944. The minimum atomic E-state index is -0.208. The minimum absolute atomic E-state index is 0.208. The number of carbonyl (C=O) groups is 1. The Morgan fingerprint density at radius 3 is 2.76 bits per heavy atom. The van der Waals surface area contributed by atoms with Gasteiger partial charge in [-0.3, -0.25) is 15.6 Å². The van der Waals surface area contributed by atoms with Crippen LogP contribution < -0.4 is 16.2 Å². The molecule has 0 fully saturated rings. The topological polar surface area (TPSA) is 53.2 Å². The zero-order valence-electron chi connectivity index (χ0n) is 11.9. The van der Waals surface area contributed by atoms with Gasteiger partial charge in [-0.05, 0) is 48.1 Å². The van der Waals surface area contributed by atoms with Crippen LogP contribution in [0.4, 0.5) is 5.69 Å². The number of benzene rings is 1. The van der Waals surface area contributed by atoms with Crippen molar-refractivity contribution < 1.29 is 4.79 Å². The number of hydrazine groups is 1. The van der Waals surface area contributed by atoms with Crippen molar-refractivity contribution in [3.8, 4) is 0 Å². The number of hydrogen-bond donors (Lipinski definition) is 3. The van der Waals surface area contributed by atoms with Crippen LogP contribution in [-0.4, -0.2) is 11.0 Å². The lowest BCUT2D eigenvalue weighted by Gasteiger charge is -2.16. The van der Waals surface area contributed by atoms with Crippen molar-refractivity contribution >= 4 is 40.3 Å². The van der Waals surface area contributed by atoms with E-state index in [2.05, 4.69) is 29.2 Å². The van der Waals surface area contributed by atoms with Crippen LogP contribution in [0.15, 0.2) is 35.0 Å². The van der Waals surface area contributed by atoms with Gasteiger partial charge in [0, 0.05) is 11.1 Å². The largest absolute Gasteiger partial charge is 0.331 e. The van der Waals surface area contributed by atoms with Crippen LogP contribution >= 0.6 is 23.6 Å². The van der Waals surface area contributed by atoms with Gasteiger partial charge in [0.1, 0.15) is 0 Å². The normalized spacial score (nSPS) is 10.0. The fourth-order valence-corrected chi connectivity index (χ4v) is 2.72. The van der Waals surface area contributed by atoms with E-state index >= 15 is 0 Å². The second kappa shape index (κ2) is 7.19. The Bertz CT molecular complexity index is 638. The molecule has 0 saturated carbocycles. The number of carbonyl (C=O) groups excluding carboxylic acids is 1. The fourth-order valence-electron chi connectivity index (χ4n) is 1.93. The van der Waals surface area contributed by atoms with E-state index < -0.39 is 0 Å². The van der Waals surface area contributed by atoms with E-state index in [0.717, 1.165) is 17.7 Å². The number of nitrogens with one attached hydrogen (secondary N) is 3. The lowest BCUT2D eigenvalue weighted by Crippen LogP contribution is -2.43. The van der Waals surface area contributed by atoms with Crippen molar-refractivity contribution in [1.29, 1.82) is 0 Å². The van der Waals surface area contributed by atoms with Gasteiger partial charge in [-0.2, -0.15) is 11.3 Å². The molecule has 0 saturated heterocycles. The maximum absolute atomic E-state index is 11.8. The van der Waals surface area contributed by atoms with Crippen molar-refractivity contribution in [3.05, 3.63) is 51.7 Å². The van der Waals surface area contributed by atoms with Crippen LogP contribution in [0.1, 0.15) is 28.4 Å². The van der Waals surface area contributed by atoms with Gasteiger partial charge in [0.2, 0.25) is 0 Å². The Morgan fingerprint density at radius 1 is 1.29 bits per heavy atom. The predicted octanol–water partition coefficient (Wildman–Crippen LogP) is 3.25. The molecule has 3 N–H and O–H groups in total. The number of para-hydroxylation sites is 1. The molecule has 2 aromatic rings. The summed E-state index contributed by atoms with van der Waals surface area (Å²) in [5.41, 5.74) is 9.20. The minimum Gasteiger partial charge on any atom is -0.331 e. The highest BCUT2D eigenvalue weighted by molar-refractivity contribution is 7.80. The molecular weight excluding hydrogens is 302 g/mol. The Balaban J connectivity index is 1.95. The van der Waals surface area contributed by atoms with Crippen LogP contribution in [0.25, 0.3) is 0 Å². The Morgan fingerprint density at radius 2 is 2.10 bits per heavy atom. The molecule has 6 heteroatoms. The summed E-state index contributed by atoms with van der Waals surface area (Å²) in [5, 5.41) is 7.14. The standard InChI is InChI=1S/C15H17N3OS2/c1-3-11-6-4-5-10(2)13(11)16-15(20)18-17-14(19)12-7-8-21-9-12/h4-9H,3H2,1-2H3,(H,17,19)(H2,16,18,20). The first-order valence-corrected chi connectivity index (χ1v) is 7.95. The van der Waals surface area contributed by atoms with Crippen molar-refractivity contribution in [2.75, 3.05) is 5.32 Å². The van der Waals surface area contributed by atoms with Gasteiger partial charge in [0.05, 0.1) is 5.56 Å². The average molecular weight is 319 g/mol. The highest BCUT2D eigenvalue weighted by atomic mass is 32.1. The number of thiophene rings is 1. The number of rotatable bonds is 3. The van der Waals surface area contributed by atoms with Crippen LogP contribution in [0.3, 0.4) is 0 Å². The molecule has 0 aliphatic rings. The summed E-state index contributed by atoms with van der Waals surface area (Å²) < 4.78 is 0. The Kier molecular flexibility index (Phi) is 5.30. The van der Waals surface area contributed by atoms with Crippen molar-refractivity contribution in [3.63, 3.8) is 0 Å². The van der Waals surface area contributed by atoms with Gasteiger partial charge in [0.25, 0.3) is 5.91 Å². The van der Waals surface area contributed by atoms with Crippen LogP contribution in [0.2, 0.25) is 0 Å². The van der Waals surface area contributed by atoms with Crippen molar-refractivity contribution in [2.45, 2.75) is 20.3 Å². The van der Waals surface area contributed by atoms with E-state index in [1.807, 2.05) is 24.4 Å². The third-order valence-corrected chi connectivity index (χ3v) is 3.94. The summed E-state index contributed by atoms with van der Waals surface area (Å²) in [4.78, 5) is 11.8. The molecule has 0 aliphatic heterocycles. The third-order valence-electron chi connectivity index (χ3n) is 3.05. The molecular formula is C15H17N3OS2. The third kappa shape index (κ3) is 4.03. The first-order valence-electron chi connectivity index (χ1n) is 6.60. The summed E-state index contributed by atoms with van der Waals surface area (Å²) in [5.74, 6) is -0.208. The van der Waals surface area contributed by atoms with Crippen molar-refractivity contribution in [1.82, 2.24) is 10.9 Å². The number of aryl methyl sites for hydroxylation is 2. The van der Waals surface area contributed by atoms with E-state index in [0.29, 0.717) is 10.7 Å². The first-order chi connectivity index (χ1) is 10.1. The van der Waals surface area contributed by atoms with Gasteiger partial charge in [-0.15, -0.1) is 0 Å². The van der Waals surface area contributed by atoms with Gasteiger partial charge >= 0.3 is 0 Å². The second-order valence-corrected chi connectivity index (χ2v) is 5.70. The Labute approximate surface area is 133 Å². The van der Waals surface area contributed by atoms with Gasteiger partial charge in [-0.1, -0.05) is 25.1 Å². The van der Waals surface area contributed by atoms with Crippen LogP contribution in [0.5, 0.6) is 0 Å². The summed E-state index contributed by atoms with van der Waals surface area (Å²) in [6.07, 6.45) is 0.911. The number of amides is 1. The summed E-state index contributed by atoms with van der Waals surface area (Å²) >= 11 is 6.69. The molecule has 110 valence electrons. The monoisotopic (exact) mass is 319 g/mol. The summed E-state index contributed by atoms with van der Waals surface area (Å²) in [7, 11) is 0. The van der Waals surface area contributed by atoms with E-state index in [-0.39, 0.29) is 5.91 Å². The summed E-state index contributed by atoms with van der Waals surface area (Å²) in [6, 6.07) is 7.86. The van der Waals surface area contributed by atoms with Crippen LogP contribution in [0, 0.1) is 6.92 Å². The quantitative estimate of drug-likeness (QED) is 0.600. The smallest absolute Gasteiger partial charge is 0.270 e. The summed E-state index contributed by atoms with van der Waals surface area (Å²) in [6.45, 7) is 4.11. The second-order valence-electron chi connectivity index (χ2n) is 4.51. The van der Waals surface area contributed by atoms with E-state index in [9.17, 15) is 4.79 Å². The van der Waals surface area contributed by atoms with Gasteiger partial charge in [0.15, 0.2) is 5.11 Å². The molecule has 2 rings (SSSR count). The highest BCUT2D eigenvalue weighted by Crippen LogP contribution is 2.20. The molecule has 4 nitrogen and oxygen atoms in total. The first kappa shape index (κ1) is 15.5. The maximum atomic E-state index is 11.8. The zero-order chi connectivity index (χ0) is 15.2. The Hall–Kier alpha value is -1.92. The molecule has 1 amide bonds. The molecule has 0 radical (unpaired) electrons. The molecule has 1 aromatic heterocycles. The lowest BCUT2D eigenvalue weighted by atomic mass is 10.1. The molecule has 0 atom stereocenters. The molecule has 1 aromatic carbocycles.